The molecule has 0 unspecified atom stereocenters. The van der Waals surface area contributed by atoms with Gasteiger partial charge in [-0.05, 0) is 70.8 Å². The van der Waals surface area contributed by atoms with Crippen LogP contribution < -0.4 is 27.0 Å². The Labute approximate surface area is 299 Å². The number of amides is 5. The summed E-state index contributed by atoms with van der Waals surface area (Å²) in [5.41, 5.74) is 7.95. The van der Waals surface area contributed by atoms with Crippen LogP contribution in [0.3, 0.4) is 0 Å². The van der Waals surface area contributed by atoms with Crippen molar-refractivity contribution in [1.29, 1.82) is 0 Å². The van der Waals surface area contributed by atoms with E-state index in [0.29, 0.717) is 22.3 Å². The molecule has 0 radical (unpaired) electrons. The molecule has 4 aromatic rings. The van der Waals surface area contributed by atoms with Crippen LogP contribution >= 0.6 is 0 Å². The Hall–Kier alpha value is -6.57. The molecule has 0 aromatic heterocycles. The van der Waals surface area contributed by atoms with Crippen molar-refractivity contribution in [2.45, 2.75) is 56.8 Å². The quantitative estimate of drug-likeness (QED) is 0.0811. The summed E-state index contributed by atoms with van der Waals surface area (Å²) in [6.07, 6.45) is -0.146. The third kappa shape index (κ3) is 11.8. The molecule has 5 amide bonds. The number of hydrogen-bond acceptors (Lipinski definition) is 9. The number of primary amides is 1. The van der Waals surface area contributed by atoms with Crippen molar-refractivity contribution in [3.63, 3.8) is 0 Å². The lowest BCUT2D eigenvalue weighted by molar-refractivity contribution is -0.134. The fourth-order valence-corrected chi connectivity index (χ4v) is 5.38. The van der Waals surface area contributed by atoms with E-state index in [1.54, 1.807) is 48.5 Å². The van der Waals surface area contributed by atoms with Crippen LogP contribution in [0.1, 0.15) is 29.2 Å². The lowest BCUT2D eigenvalue weighted by atomic mass is 10.00. The molecule has 52 heavy (non-hydrogen) atoms. The van der Waals surface area contributed by atoms with Crippen LogP contribution in [0.4, 0.5) is 0 Å². The summed E-state index contributed by atoms with van der Waals surface area (Å²) in [5, 5.41) is 49.5. The molecular weight excluding hydrogens is 670 g/mol. The van der Waals surface area contributed by atoms with E-state index < -0.39 is 53.7 Å². The third-order valence-corrected chi connectivity index (χ3v) is 8.12. The van der Waals surface area contributed by atoms with Crippen molar-refractivity contribution in [3.05, 3.63) is 119 Å². The maximum atomic E-state index is 14.1. The second kappa shape index (κ2) is 17.9. The molecule has 4 rings (SSSR count). The minimum absolute atomic E-state index is 0.00761. The highest BCUT2D eigenvalue weighted by Crippen LogP contribution is 2.16. The Morgan fingerprint density at radius 3 is 0.923 bits per heavy atom. The van der Waals surface area contributed by atoms with Gasteiger partial charge in [0.05, 0.1) is 0 Å². The zero-order chi connectivity index (χ0) is 37.8. The molecule has 0 fully saturated rings. The average Bonchev–Trinajstić information content (AvgIpc) is 3.10. The van der Waals surface area contributed by atoms with Gasteiger partial charge in [0.1, 0.15) is 47.2 Å². The van der Waals surface area contributed by atoms with Gasteiger partial charge >= 0.3 is 0 Å². The van der Waals surface area contributed by atoms with Crippen LogP contribution in [-0.4, -0.2) is 74.1 Å². The number of nitrogens with one attached hydrogen (secondary N) is 4. The van der Waals surface area contributed by atoms with Gasteiger partial charge in [0.2, 0.25) is 29.5 Å². The summed E-state index contributed by atoms with van der Waals surface area (Å²) in [4.78, 5) is 66.1. The number of phenolic OH excluding ortho intramolecular Hbond substituents is 4. The molecule has 4 aromatic carbocycles. The Morgan fingerprint density at radius 1 is 0.442 bits per heavy atom. The largest absolute Gasteiger partial charge is 0.508 e. The highest BCUT2D eigenvalue weighted by atomic mass is 16.3. The molecule has 0 saturated carbocycles. The zero-order valence-corrected chi connectivity index (χ0v) is 28.3. The summed E-state index contributed by atoms with van der Waals surface area (Å²) >= 11 is 0. The first-order valence-corrected chi connectivity index (χ1v) is 16.3. The van der Waals surface area contributed by atoms with Crippen molar-refractivity contribution in [2.75, 3.05) is 0 Å². The van der Waals surface area contributed by atoms with Crippen molar-refractivity contribution in [3.8, 4) is 23.0 Å². The number of nitrogens with two attached hydrogens (primary N) is 1. The van der Waals surface area contributed by atoms with E-state index in [1.807, 2.05) is 0 Å². The van der Waals surface area contributed by atoms with Crippen LogP contribution in [-0.2, 0) is 49.7 Å². The van der Waals surface area contributed by atoms with Crippen LogP contribution in [0.15, 0.2) is 97.1 Å². The van der Waals surface area contributed by atoms with Gasteiger partial charge in [0.25, 0.3) is 0 Å². The van der Waals surface area contributed by atoms with E-state index in [0.717, 1.165) is 0 Å². The van der Waals surface area contributed by atoms with Crippen LogP contribution in [0.2, 0.25) is 0 Å². The molecule has 0 aliphatic rings. The molecule has 4 atom stereocenters. The normalized spacial score (nSPS) is 13.1. The number of aromatic hydroxyl groups is 4. The van der Waals surface area contributed by atoms with Gasteiger partial charge in [-0.2, -0.15) is 0 Å². The summed E-state index contributed by atoms with van der Waals surface area (Å²) in [6, 6.07) is 19.0. The predicted octanol–water partition coefficient (Wildman–Crippen LogP) is 1.22. The molecule has 14 nitrogen and oxygen atoms in total. The topological polar surface area (TPSA) is 240 Å². The molecule has 10 N–H and O–H groups in total. The van der Waals surface area contributed by atoms with Gasteiger partial charge in [-0.25, -0.2) is 0 Å². The second-order valence-electron chi connectivity index (χ2n) is 12.3. The van der Waals surface area contributed by atoms with Crippen LogP contribution in [0.25, 0.3) is 0 Å². The first-order valence-electron chi connectivity index (χ1n) is 16.3. The molecule has 0 bridgehead atoms. The number of carbonyl (C=O) groups is 5. The van der Waals surface area contributed by atoms with Crippen LogP contribution in [0.5, 0.6) is 23.0 Å². The third-order valence-electron chi connectivity index (χ3n) is 8.12. The van der Waals surface area contributed by atoms with Crippen molar-refractivity contribution >= 4 is 29.5 Å². The van der Waals surface area contributed by atoms with Gasteiger partial charge in [-0.1, -0.05) is 48.5 Å². The number of rotatable bonds is 16. The van der Waals surface area contributed by atoms with E-state index >= 15 is 0 Å². The first kappa shape index (κ1) is 38.2. The molecule has 0 aliphatic carbocycles. The summed E-state index contributed by atoms with van der Waals surface area (Å²) in [7, 11) is 0. The van der Waals surface area contributed by atoms with Crippen molar-refractivity contribution in [2.24, 2.45) is 5.73 Å². The second-order valence-corrected chi connectivity index (χ2v) is 12.3. The zero-order valence-electron chi connectivity index (χ0n) is 28.3. The lowest BCUT2D eigenvalue weighted by Crippen LogP contribution is -2.59. The molecule has 0 saturated heterocycles. The smallest absolute Gasteiger partial charge is 0.243 e. The number of hydrogen-bond donors (Lipinski definition) is 9. The van der Waals surface area contributed by atoms with Gasteiger partial charge in [0, 0.05) is 32.6 Å². The molecule has 0 heterocycles. The standard InChI is InChI=1S/C38H41N5O9/c1-22(44)40-32(19-24-4-12-28(46)13-5-24)36(50)42-34(21-26-8-16-30(48)17-9-26)38(52)43-33(20-25-6-14-29(47)15-7-25)37(51)41-31(35(39)49)18-23-2-10-27(45)11-3-23/h2-17,31-34,45-48H,18-21H2,1H3,(H2,39,49)(H,40,44)(H,41,51)(H,42,50)(H,43,52)/t31-,32-,33-,34-/m0/s1. The van der Waals surface area contributed by atoms with E-state index in [4.69, 9.17) is 5.73 Å². The lowest BCUT2D eigenvalue weighted by Gasteiger charge is -2.26. The Kier molecular flexibility index (Phi) is 13.2. The molecule has 14 heteroatoms. The van der Waals surface area contributed by atoms with Gasteiger partial charge in [-0.15, -0.1) is 0 Å². The summed E-state index contributed by atoms with van der Waals surface area (Å²) in [6.45, 7) is 1.24. The predicted molar refractivity (Wildman–Crippen MR) is 190 cm³/mol. The minimum atomic E-state index is -1.30. The maximum Gasteiger partial charge on any atom is 0.243 e. The van der Waals surface area contributed by atoms with E-state index in [9.17, 15) is 44.4 Å². The first-order chi connectivity index (χ1) is 24.7. The van der Waals surface area contributed by atoms with Gasteiger partial charge in [-0.3, -0.25) is 24.0 Å². The Morgan fingerprint density at radius 2 is 0.673 bits per heavy atom. The summed E-state index contributed by atoms with van der Waals surface area (Å²) < 4.78 is 0. The SMILES string of the molecule is CC(=O)N[C@@H](Cc1ccc(O)cc1)C(=O)N[C@@H](Cc1ccc(O)cc1)C(=O)N[C@@H](Cc1ccc(O)cc1)C(=O)N[C@@H](Cc1ccc(O)cc1)C(N)=O. The highest BCUT2D eigenvalue weighted by molar-refractivity contribution is 5.95. The number of carbonyl (C=O) groups excluding carboxylic acids is 5. The molecule has 0 spiro atoms. The Bertz CT molecular complexity index is 1850. The molecule has 0 aliphatic heterocycles. The minimum Gasteiger partial charge on any atom is -0.508 e. The van der Waals surface area contributed by atoms with E-state index in [1.165, 1.54) is 55.5 Å². The van der Waals surface area contributed by atoms with Gasteiger partial charge < -0.3 is 47.4 Å². The van der Waals surface area contributed by atoms with Crippen molar-refractivity contribution < 1.29 is 44.4 Å². The van der Waals surface area contributed by atoms with Crippen molar-refractivity contribution in [1.82, 2.24) is 21.3 Å². The molecule has 272 valence electrons. The number of benzene rings is 4. The Balaban J connectivity index is 1.61. The average molecular weight is 712 g/mol. The van der Waals surface area contributed by atoms with E-state index in [-0.39, 0.29) is 48.7 Å². The fraction of sp³-hybridized carbons (Fsp3) is 0.237. The monoisotopic (exact) mass is 711 g/mol. The fourth-order valence-electron chi connectivity index (χ4n) is 5.38. The van der Waals surface area contributed by atoms with E-state index in [2.05, 4.69) is 21.3 Å². The summed E-state index contributed by atoms with van der Waals surface area (Å²) in [5.74, 6) is -3.59. The van der Waals surface area contributed by atoms with Crippen LogP contribution in [0, 0.1) is 0 Å². The maximum absolute atomic E-state index is 14.1. The number of phenols is 4. The van der Waals surface area contributed by atoms with Gasteiger partial charge in [0.15, 0.2) is 0 Å². The highest BCUT2D eigenvalue weighted by Gasteiger charge is 2.31. The molecular formula is C38H41N5O9.